The number of nitrogens with one attached hydrogen (secondary N) is 2. The lowest BCUT2D eigenvalue weighted by Gasteiger charge is -2.42. The topological polar surface area (TPSA) is 67.4 Å². The van der Waals surface area contributed by atoms with E-state index in [1.54, 1.807) is 7.11 Å². The zero-order valence-corrected chi connectivity index (χ0v) is 16.4. The molecule has 2 bridgehead atoms. The first-order valence-corrected chi connectivity index (χ1v) is 9.32. The van der Waals surface area contributed by atoms with E-state index in [1.807, 2.05) is 45.0 Å². The summed E-state index contributed by atoms with van der Waals surface area (Å²) in [6, 6.07) is 8.05. The number of carbonyl (C=O) groups excluding carboxylic acids is 2. The summed E-state index contributed by atoms with van der Waals surface area (Å²) in [5, 5.41) is 6.04. The molecule has 0 radical (unpaired) electrons. The van der Waals surface area contributed by atoms with E-state index in [9.17, 15) is 9.59 Å². The van der Waals surface area contributed by atoms with E-state index in [4.69, 9.17) is 4.74 Å². The van der Waals surface area contributed by atoms with Crippen LogP contribution in [0, 0.1) is 17.8 Å². The minimum atomic E-state index is -0.887. The van der Waals surface area contributed by atoms with Crippen molar-refractivity contribution in [3.05, 3.63) is 35.4 Å². The van der Waals surface area contributed by atoms with Gasteiger partial charge < -0.3 is 4.74 Å². The van der Waals surface area contributed by atoms with Crippen molar-refractivity contribution in [2.45, 2.75) is 65.1 Å². The average molecular weight is 358 g/mol. The Kier molecular flexibility index (Phi) is 4.74. The predicted octanol–water partition coefficient (Wildman–Crippen LogP) is 3.23. The van der Waals surface area contributed by atoms with Gasteiger partial charge in [0.25, 0.3) is 0 Å². The second-order valence-corrected chi connectivity index (χ2v) is 9.01. The molecule has 0 spiro atoms. The fourth-order valence-electron chi connectivity index (χ4n) is 4.79. The highest BCUT2D eigenvalue weighted by atomic mass is 16.5. The van der Waals surface area contributed by atoms with Crippen molar-refractivity contribution >= 4 is 11.8 Å². The molecule has 1 heterocycles. The molecule has 26 heavy (non-hydrogen) atoms. The van der Waals surface area contributed by atoms with E-state index in [1.165, 1.54) is 5.56 Å². The van der Waals surface area contributed by atoms with Crippen LogP contribution in [0.1, 0.15) is 63.8 Å². The number of rotatable bonds is 4. The standard InChI is InChI=1S/C21H30N2O3/c1-14-6-8-15(9-7-14)16(26-5)23-21(4)13-19(2)10-11-20(3,12-19)17(24)22-18(21)25/h6-9,16,23H,10-13H2,1-5H3,(H,22,24,25). The SMILES string of the molecule is COC(NC1(C)CC2(C)CCC(C)(C2)C(=O)NC1=O)c1ccc(C)cc1. The Hall–Kier alpha value is -1.72. The molecule has 2 amide bonds. The van der Waals surface area contributed by atoms with Gasteiger partial charge in [0.05, 0.1) is 5.54 Å². The monoisotopic (exact) mass is 358 g/mol. The van der Waals surface area contributed by atoms with Gasteiger partial charge in [0.1, 0.15) is 6.23 Å². The lowest BCUT2D eigenvalue weighted by Crippen LogP contribution is -2.61. The molecule has 2 fully saturated rings. The average Bonchev–Trinajstić information content (AvgIpc) is 2.89. The number of fused-ring (bicyclic) bond motifs is 2. The van der Waals surface area contributed by atoms with Crippen molar-refractivity contribution in [3.8, 4) is 0 Å². The van der Waals surface area contributed by atoms with Crippen LogP contribution in [0.25, 0.3) is 0 Å². The van der Waals surface area contributed by atoms with Crippen LogP contribution in [0.4, 0.5) is 0 Å². The molecule has 5 heteroatoms. The predicted molar refractivity (Wildman–Crippen MR) is 100 cm³/mol. The Morgan fingerprint density at radius 1 is 1.04 bits per heavy atom. The number of hydrogen-bond donors (Lipinski definition) is 2. The minimum Gasteiger partial charge on any atom is -0.362 e. The summed E-state index contributed by atoms with van der Waals surface area (Å²) in [5.41, 5.74) is 0.754. The van der Waals surface area contributed by atoms with E-state index < -0.39 is 17.2 Å². The Balaban J connectivity index is 1.89. The number of aryl methyl sites for hydroxylation is 1. The van der Waals surface area contributed by atoms with Gasteiger partial charge in [0, 0.05) is 12.5 Å². The van der Waals surface area contributed by atoms with Crippen molar-refractivity contribution < 1.29 is 14.3 Å². The molecule has 3 rings (SSSR count). The van der Waals surface area contributed by atoms with Crippen LogP contribution < -0.4 is 10.6 Å². The van der Waals surface area contributed by atoms with E-state index in [0.29, 0.717) is 6.42 Å². The maximum atomic E-state index is 13.0. The summed E-state index contributed by atoms with van der Waals surface area (Å²) in [7, 11) is 1.63. The fraction of sp³-hybridized carbons (Fsp3) is 0.619. The number of ether oxygens (including phenoxy) is 1. The van der Waals surface area contributed by atoms with Crippen LogP contribution in [0.2, 0.25) is 0 Å². The highest BCUT2D eigenvalue weighted by molar-refractivity contribution is 6.02. The fourth-order valence-corrected chi connectivity index (χ4v) is 4.79. The van der Waals surface area contributed by atoms with Gasteiger partial charge >= 0.3 is 0 Å². The summed E-state index contributed by atoms with van der Waals surface area (Å²) < 4.78 is 5.65. The number of imide groups is 1. The molecule has 1 saturated heterocycles. The molecule has 5 nitrogen and oxygen atoms in total. The van der Waals surface area contributed by atoms with Gasteiger partial charge in [-0.2, -0.15) is 0 Å². The number of benzene rings is 1. The van der Waals surface area contributed by atoms with Gasteiger partial charge in [-0.1, -0.05) is 43.7 Å². The van der Waals surface area contributed by atoms with E-state index >= 15 is 0 Å². The van der Waals surface area contributed by atoms with Gasteiger partial charge in [0.15, 0.2) is 0 Å². The molecule has 142 valence electrons. The Labute approximate surface area is 155 Å². The first-order chi connectivity index (χ1) is 12.1. The highest BCUT2D eigenvalue weighted by Crippen LogP contribution is 2.54. The van der Waals surface area contributed by atoms with Crippen LogP contribution in [0.3, 0.4) is 0 Å². The molecule has 4 unspecified atom stereocenters. The zero-order chi connectivity index (χ0) is 19.2. The van der Waals surface area contributed by atoms with Crippen LogP contribution in [-0.2, 0) is 14.3 Å². The van der Waals surface area contributed by atoms with E-state index in [-0.39, 0.29) is 17.2 Å². The number of carbonyl (C=O) groups is 2. The molecule has 1 saturated carbocycles. The Morgan fingerprint density at radius 3 is 2.31 bits per heavy atom. The van der Waals surface area contributed by atoms with Gasteiger partial charge in [-0.05, 0) is 50.5 Å². The summed E-state index contributed by atoms with van der Waals surface area (Å²) in [4.78, 5) is 25.6. The third kappa shape index (κ3) is 3.42. The number of methoxy groups -OCH3 is 1. The minimum absolute atomic E-state index is 0.0461. The first-order valence-electron chi connectivity index (χ1n) is 9.32. The van der Waals surface area contributed by atoms with Crippen molar-refractivity contribution in [1.29, 1.82) is 0 Å². The molecule has 4 atom stereocenters. The third-order valence-electron chi connectivity index (χ3n) is 6.22. The number of amides is 2. The first kappa shape index (κ1) is 19.1. The van der Waals surface area contributed by atoms with Crippen molar-refractivity contribution in [2.75, 3.05) is 7.11 Å². The second kappa shape index (κ2) is 6.46. The number of hydrogen-bond acceptors (Lipinski definition) is 4. The van der Waals surface area contributed by atoms with Gasteiger partial charge in [-0.15, -0.1) is 0 Å². The molecule has 1 aliphatic heterocycles. The highest BCUT2D eigenvalue weighted by Gasteiger charge is 2.54. The molecule has 2 N–H and O–H groups in total. The van der Waals surface area contributed by atoms with E-state index in [2.05, 4.69) is 17.6 Å². The molecule has 1 aliphatic carbocycles. The molecule has 0 aromatic heterocycles. The zero-order valence-electron chi connectivity index (χ0n) is 16.4. The molecular formula is C21H30N2O3. The normalized spacial score (nSPS) is 35.6. The summed E-state index contributed by atoms with van der Waals surface area (Å²) in [5.74, 6) is -0.418. The van der Waals surface area contributed by atoms with Crippen molar-refractivity contribution in [3.63, 3.8) is 0 Å². The van der Waals surface area contributed by atoms with Crippen LogP contribution in [0.15, 0.2) is 24.3 Å². The Bertz CT molecular complexity index is 716. The quantitative estimate of drug-likeness (QED) is 0.640. The smallest absolute Gasteiger partial charge is 0.246 e. The van der Waals surface area contributed by atoms with Crippen molar-refractivity contribution in [1.82, 2.24) is 10.6 Å². The lowest BCUT2D eigenvalue weighted by molar-refractivity contribution is -0.143. The van der Waals surface area contributed by atoms with Crippen LogP contribution >= 0.6 is 0 Å². The van der Waals surface area contributed by atoms with E-state index in [0.717, 1.165) is 24.8 Å². The van der Waals surface area contributed by atoms with Gasteiger partial charge in [0.2, 0.25) is 11.8 Å². The maximum Gasteiger partial charge on any atom is 0.246 e. The van der Waals surface area contributed by atoms with Crippen LogP contribution in [-0.4, -0.2) is 24.5 Å². The molecule has 1 aromatic rings. The van der Waals surface area contributed by atoms with Crippen LogP contribution in [0.5, 0.6) is 0 Å². The summed E-state index contributed by atoms with van der Waals surface area (Å²) in [6.45, 7) is 8.08. The van der Waals surface area contributed by atoms with Crippen molar-refractivity contribution in [2.24, 2.45) is 10.8 Å². The third-order valence-corrected chi connectivity index (χ3v) is 6.22. The maximum absolute atomic E-state index is 13.0. The largest absolute Gasteiger partial charge is 0.362 e. The molecule has 1 aromatic carbocycles. The lowest BCUT2D eigenvalue weighted by atomic mass is 9.72. The second-order valence-electron chi connectivity index (χ2n) is 9.01. The summed E-state index contributed by atoms with van der Waals surface area (Å²) in [6.07, 6.45) is 2.82. The molecule has 2 aliphatic rings. The molecular weight excluding hydrogens is 328 g/mol. The summed E-state index contributed by atoms with van der Waals surface area (Å²) >= 11 is 0. The van der Waals surface area contributed by atoms with Gasteiger partial charge in [-0.25, -0.2) is 0 Å². The Morgan fingerprint density at radius 2 is 1.69 bits per heavy atom. The van der Waals surface area contributed by atoms with Gasteiger partial charge in [-0.3, -0.25) is 20.2 Å².